The van der Waals surface area contributed by atoms with Gasteiger partial charge in [0.15, 0.2) is 0 Å². The number of hydrogen-bond acceptors (Lipinski definition) is 3. The van der Waals surface area contributed by atoms with E-state index in [4.69, 9.17) is 4.74 Å². The van der Waals surface area contributed by atoms with Gasteiger partial charge in [0.2, 0.25) is 0 Å². The first-order chi connectivity index (χ1) is 11.0. The van der Waals surface area contributed by atoms with Gasteiger partial charge in [0.1, 0.15) is 0 Å². The van der Waals surface area contributed by atoms with Crippen LogP contribution < -0.4 is 0 Å². The molecule has 2 rings (SSSR count). The molecule has 1 N–H and O–H groups in total. The molecule has 2 atom stereocenters. The molecule has 1 fully saturated rings. The van der Waals surface area contributed by atoms with Crippen LogP contribution in [0, 0.1) is 5.41 Å². The molecule has 1 aliphatic carbocycles. The van der Waals surface area contributed by atoms with Crippen LogP contribution in [0.15, 0.2) is 48.6 Å². The van der Waals surface area contributed by atoms with Crippen LogP contribution in [0.4, 0.5) is 0 Å². The maximum absolute atomic E-state index is 11.6. The molecule has 3 heteroatoms. The summed E-state index contributed by atoms with van der Waals surface area (Å²) in [6.07, 6.45) is 10.7. The van der Waals surface area contributed by atoms with Crippen molar-refractivity contribution in [2.24, 2.45) is 5.41 Å². The smallest absolute Gasteiger partial charge is 0.330 e. The van der Waals surface area contributed by atoms with Gasteiger partial charge in [-0.05, 0) is 25.3 Å². The minimum atomic E-state index is -0.954. The Bertz CT molecular complexity index is 576. The summed E-state index contributed by atoms with van der Waals surface area (Å²) >= 11 is 0. The fraction of sp³-hybridized carbons (Fsp3) is 0.450. The first-order valence-electron chi connectivity index (χ1n) is 8.32. The average molecular weight is 314 g/mol. The van der Waals surface area contributed by atoms with E-state index in [-0.39, 0.29) is 5.97 Å². The Hall–Kier alpha value is -1.87. The normalized spacial score (nSPS) is 28.3. The van der Waals surface area contributed by atoms with E-state index < -0.39 is 11.0 Å². The monoisotopic (exact) mass is 314 g/mol. The van der Waals surface area contributed by atoms with E-state index in [9.17, 15) is 9.90 Å². The molecule has 3 nitrogen and oxygen atoms in total. The van der Waals surface area contributed by atoms with Crippen LogP contribution in [0.25, 0.3) is 6.08 Å². The Kier molecular flexibility index (Phi) is 5.78. The third kappa shape index (κ3) is 4.32. The Labute approximate surface area is 138 Å². The summed E-state index contributed by atoms with van der Waals surface area (Å²) in [6.45, 7) is 4.16. The van der Waals surface area contributed by atoms with Crippen molar-refractivity contribution in [1.82, 2.24) is 0 Å². The zero-order valence-corrected chi connectivity index (χ0v) is 14.0. The number of carbonyl (C=O) groups is 1. The molecule has 0 bridgehead atoms. The highest BCUT2D eigenvalue weighted by Gasteiger charge is 2.45. The molecule has 1 aromatic carbocycles. The van der Waals surface area contributed by atoms with Crippen LogP contribution >= 0.6 is 0 Å². The van der Waals surface area contributed by atoms with Gasteiger partial charge in [-0.2, -0.15) is 0 Å². The van der Waals surface area contributed by atoms with Gasteiger partial charge in [0.05, 0.1) is 12.2 Å². The van der Waals surface area contributed by atoms with Crippen molar-refractivity contribution in [3.05, 3.63) is 54.1 Å². The van der Waals surface area contributed by atoms with E-state index >= 15 is 0 Å². The molecule has 0 heterocycles. The molecule has 1 aromatic rings. The molecule has 1 aliphatic rings. The molecule has 2 unspecified atom stereocenters. The number of esters is 1. The number of aliphatic hydroxyl groups is 1. The Balaban J connectivity index is 2.21. The maximum Gasteiger partial charge on any atom is 0.330 e. The van der Waals surface area contributed by atoms with E-state index in [0.717, 1.165) is 24.8 Å². The molecule has 23 heavy (non-hydrogen) atoms. The lowest BCUT2D eigenvalue weighted by molar-refractivity contribution is -0.137. The largest absolute Gasteiger partial charge is 0.463 e. The van der Waals surface area contributed by atoms with Crippen LogP contribution in [0.5, 0.6) is 0 Å². The Morgan fingerprint density at radius 1 is 1.22 bits per heavy atom. The fourth-order valence-corrected chi connectivity index (χ4v) is 3.13. The van der Waals surface area contributed by atoms with Crippen molar-refractivity contribution in [2.45, 2.75) is 45.1 Å². The topological polar surface area (TPSA) is 46.5 Å². The van der Waals surface area contributed by atoms with Gasteiger partial charge in [-0.3, -0.25) is 0 Å². The molecule has 124 valence electrons. The molecule has 0 amide bonds. The third-order valence-corrected chi connectivity index (χ3v) is 4.72. The molecule has 0 aromatic heterocycles. The Morgan fingerprint density at radius 3 is 2.61 bits per heavy atom. The van der Waals surface area contributed by atoms with Crippen LogP contribution in [0.3, 0.4) is 0 Å². The summed E-state index contributed by atoms with van der Waals surface area (Å²) in [5, 5.41) is 11.2. The van der Waals surface area contributed by atoms with Crippen molar-refractivity contribution < 1.29 is 14.6 Å². The summed E-state index contributed by atoms with van der Waals surface area (Å²) in [5.41, 5.74) is -0.365. The second-order valence-electron chi connectivity index (χ2n) is 6.38. The fourth-order valence-electron chi connectivity index (χ4n) is 3.13. The first kappa shape index (κ1) is 17.5. The van der Waals surface area contributed by atoms with Crippen LogP contribution in [0.2, 0.25) is 0 Å². The molecule has 0 saturated heterocycles. The van der Waals surface area contributed by atoms with Gasteiger partial charge in [0, 0.05) is 11.5 Å². The van der Waals surface area contributed by atoms with E-state index in [1.807, 2.05) is 55.5 Å². The highest BCUT2D eigenvalue weighted by Crippen LogP contribution is 2.46. The van der Waals surface area contributed by atoms with Crippen molar-refractivity contribution in [3.8, 4) is 0 Å². The van der Waals surface area contributed by atoms with Gasteiger partial charge in [-0.25, -0.2) is 4.79 Å². The summed E-state index contributed by atoms with van der Waals surface area (Å²) in [6, 6.07) is 9.94. The second kappa shape index (κ2) is 7.60. The van der Waals surface area contributed by atoms with E-state index in [1.165, 1.54) is 6.08 Å². The lowest BCUT2D eigenvalue weighted by Crippen LogP contribution is -2.46. The van der Waals surface area contributed by atoms with E-state index in [0.29, 0.717) is 13.0 Å². The second-order valence-corrected chi connectivity index (χ2v) is 6.38. The first-order valence-corrected chi connectivity index (χ1v) is 8.32. The van der Waals surface area contributed by atoms with Gasteiger partial charge >= 0.3 is 5.97 Å². The van der Waals surface area contributed by atoms with Gasteiger partial charge in [0.25, 0.3) is 0 Å². The average Bonchev–Trinajstić information content (AvgIpc) is 2.56. The van der Waals surface area contributed by atoms with Crippen LogP contribution in [-0.2, 0) is 9.53 Å². The third-order valence-electron chi connectivity index (χ3n) is 4.72. The lowest BCUT2D eigenvalue weighted by Gasteiger charge is -2.45. The summed E-state index contributed by atoms with van der Waals surface area (Å²) in [4.78, 5) is 11.6. The summed E-state index contributed by atoms with van der Waals surface area (Å²) < 4.78 is 4.95. The molecular weight excluding hydrogens is 288 g/mol. The van der Waals surface area contributed by atoms with Gasteiger partial charge < -0.3 is 9.84 Å². The van der Waals surface area contributed by atoms with Gasteiger partial charge in [-0.15, -0.1) is 0 Å². The molecular formula is C20H26O3. The van der Waals surface area contributed by atoms with Crippen LogP contribution in [-0.4, -0.2) is 23.3 Å². The highest BCUT2D eigenvalue weighted by atomic mass is 16.5. The van der Waals surface area contributed by atoms with Crippen molar-refractivity contribution in [2.75, 3.05) is 6.61 Å². The number of hydrogen-bond donors (Lipinski definition) is 1. The van der Waals surface area contributed by atoms with Gasteiger partial charge in [-0.1, -0.05) is 68.3 Å². The SMILES string of the molecule is CCOC(=O)/C=C/C1(C)CCCCC1(O)/C=C\c1ccccc1. The minimum absolute atomic E-state index is 0.353. The van der Waals surface area contributed by atoms with Crippen molar-refractivity contribution in [3.63, 3.8) is 0 Å². The predicted octanol–water partition coefficient (Wildman–Crippen LogP) is 4.13. The number of rotatable bonds is 5. The molecule has 1 saturated carbocycles. The van der Waals surface area contributed by atoms with Crippen molar-refractivity contribution in [1.29, 1.82) is 0 Å². The molecule has 0 spiro atoms. The molecule has 0 aliphatic heterocycles. The lowest BCUT2D eigenvalue weighted by atomic mass is 9.64. The molecule has 0 radical (unpaired) electrons. The zero-order chi connectivity index (χ0) is 16.8. The maximum atomic E-state index is 11.6. The number of carbonyl (C=O) groups excluding carboxylic acids is 1. The summed E-state index contributed by atoms with van der Waals surface area (Å²) in [5.74, 6) is -0.353. The predicted molar refractivity (Wildman–Crippen MR) is 92.8 cm³/mol. The van der Waals surface area contributed by atoms with Crippen LogP contribution in [0.1, 0.15) is 45.1 Å². The number of benzene rings is 1. The zero-order valence-electron chi connectivity index (χ0n) is 14.0. The van der Waals surface area contributed by atoms with Crippen molar-refractivity contribution >= 4 is 12.0 Å². The number of ether oxygens (including phenoxy) is 1. The van der Waals surface area contributed by atoms with E-state index in [1.54, 1.807) is 6.92 Å². The quantitative estimate of drug-likeness (QED) is 0.656. The minimum Gasteiger partial charge on any atom is -0.463 e. The van der Waals surface area contributed by atoms with E-state index in [2.05, 4.69) is 0 Å². The standard InChI is InChI=1S/C20H26O3/c1-3-23-18(21)12-15-19(2)13-7-8-14-20(19,22)16-11-17-9-5-4-6-10-17/h4-6,9-12,15-16,22H,3,7-8,13-14H2,1-2H3/b15-12+,16-11-. The Morgan fingerprint density at radius 2 is 1.91 bits per heavy atom. The highest BCUT2D eigenvalue weighted by molar-refractivity contribution is 5.82. The summed E-state index contributed by atoms with van der Waals surface area (Å²) in [7, 11) is 0.